The standard InChI is InChI=1S/C9H8O7S.K/c1-9(17(12,13)14)4-5(10)6-7(8(9)11)16-3-2-15-6;/h2-3H,4H2,1H3,(H,12,13,14);/q;+1/p-1. The summed E-state index contributed by atoms with van der Waals surface area (Å²) in [6.45, 7) is 0.904. The predicted molar refractivity (Wildman–Crippen MR) is 51.1 cm³/mol. The largest absolute Gasteiger partial charge is 1.00 e. The van der Waals surface area contributed by atoms with E-state index in [4.69, 9.17) is 9.47 Å². The summed E-state index contributed by atoms with van der Waals surface area (Å²) < 4.78 is 40.4. The molecule has 0 fully saturated rings. The van der Waals surface area contributed by atoms with Crippen molar-refractivity contribution < 1.29 is 83.4 Å². The second kappa shape index (κ2) is 5.15. The fourth-order valence-electron chi connectivity index (χ4n) is 1.56. The Hall–Kier alpha value is -0.0336. The maximum atomic E-state index is 11.8. The number of ether oxygens (including phenoxy) is 2. The molecule has 7 nitrogen and oxygen atoms in total. The maximum absolute atomic E-state index is 11.8. The maximum Gasteiger partial charge on any atom is 1.00 e. The summed E-state index contributed by atoms with van der Waals surface area (Å²) in [7, 11) is -4.97. The van der Waals surface area contributed by atoms with E-state index >= 15 is 0 Å². The molecule has 2 aliphatic rings. The Morgan fingerprint density at radius 1 is 1.22 bits per heavy atom. The van der Waals surface area contributed by atoms with Gasteiger partial charge in [-0.2, -0.15) is 0 Å². The number of hydrogen-bond acceptors (Lipinski definition) is 7. The van der Waals surface area contributed by atoms with Gasteiger partial charge in [-0.3, -0.25) is 9.59 Å². The number of carbonyl (C=O) groups is 2. The smallest absolute Gasteiger partial charge is 0.747 e. The number of rotatable bonds is 1. The molecule has 0 aromatic heterocycles. The topological polar surface area (TPSA) is 110 Å². The van der Waals surface area contributed by atoms with Crippen LogP contribution in [0.25, 0.3) is 0 Å². The third kappa shape index (κ3) is 2.36. The van der Waals surface area contributed by atoms with Crippen molar-refractivity contribution in [3.05, 3.63) is 24.0 Å². The molecule has 0 spiro atoms. The second-order valence-corrected chi connectivity index (χ2v) is 5.59. The zero-order valence-corrected chi connectivity index (χ0v) is 13.6. The van der Waals surface area contributed by atoms with Crippen molar-refractivity contribution in [1.29, 1.82) is 0 Å². The van der Waals surface area contributed by atoms with Gasteiger partial charge in [0, 0.05) is 6.42 Å². The van der Waals surface area contributed by atoms with Crippen LogP contribution in [0.15, 0.2) is 24.0 Å². The number of carbonyl (C=O) groups excluding carboxylic acids is 2. The Kier molecular flexibility index (Phi) is 4.59. The van der Waals surface area contributed by atoms with Crippen molar-refractivity contribution in [3.8, 4) is 0 Å². The van der Waals surface area contributed by atoms with Crippen molar-refractivity contribution in [2.75, 3.05) is 0 Å². The summed E-state index contributed by atoms with van der Waals surface area (Å²) in [6.07, 6.45) is 1.28. The first-order chi connectivity index (χ1) is 7.77. The molecule has 0 N–H and O–H groups in total. The third-order valence-electron chi connectivity index (χ3n) is 2.62. The molecule has 9 heteroatoms. The summed E-state index contributed by atoms with van der Waals surface area (Å²) in [5, 5.41) is 0. The molecule has 0 radical (unpaired) electrons. The summed E-state index contributed by atoms with van der Waals surface area (Å²) >= 11 is 0. The Morgan fingerprint density at radius 3 is 2.22 bits per heavy atom. The molecule has 1 heterocycles. The van der Waals surface area contributed by atoms with Gasteiger partial charge in [0.15, 0.2) is 0 Å². The average molecular weight is 298 g/mol. The molecule has 2 rings (SSSR count). The molecule has 0 aromatic rings. The Balaban J connectivity index is 0.00000162. The third-order valence-corrected chi connectivity index (χ3v) is 4.06. The minimum Gasteiger partial charge on any atom is -0.747 e. The van der Waals surface area contributed by atoms with E-state index in [1.54, 1.807) is 0 Å². The molecule has 0 amide bonds. The van der Waals surface area contributed by atoms with Crippen LogP contribution in [0.3, 0.4) is 0 Å². The van der Waals surface area contributed by atoms with Crippen molar-refractivity contribution in [1.82, 2.24) is 0 Å². The zero-order chi connectivity index (χ0) is 12.8. The van der Waals surface area contributed by atoms with E-state index in [9.17, 15) is 22.6 Å². The van der Waals surface area contributed by atoms with Crippen molar-refractivity contribution in [3.63, 3.8) is 0 Å². The van der Waals surface area contributed by atoms with Gasteiger partial charge in [-0.1, -0.05) is 0 Å². The molecule has 0 aromatic carbocycles. The molecule has 0 saturated carbocycles. The fraction of sp³-hybridized carbons (Fsp3) is 0.333. The van der Waals surface area contributed by atoms with E-state index in [1.165, 1.54) is 0 Å². The minimum atomic E-state index is -4.97. The van der Waals surface area contributed by atoms with Gasteiger partial charge in [0.2, 0.25) is 23.1 Å². The predicted octanol–water partition coefficient (Wildman–Crippen LogP) is -3.43. The molecule has 1 unspecified atom stereocenters. The normalized spacial score (nSPS) is 27.0. The van der Waals surface area contributed by atoms with Crippen LogP contribution >= 0.6 is 0 Å². The first kappa shape index (κ1) is 16.0. The number of ketones is 2. The Morgan fingerprint density at radius 2 is 1.72 bits per heavy atom. The summed E-state index contributed by atoms with van der Waals surface area (Å²) in [5.41, 5.74) is 0. The van der Waals surface area contributed by atoms with Crippen LogP contribution in [0.2, 0.25) is 0 Å². The van der Waals surface area contributed by atoms with Crippen LogP contribution in [0.1, 0.15) is 13.3 Å². The molecule has 1 aliphatic heterocycles. The van der Waals surface area contributed by atoms with E-state index in [1.807, 2.05) is 0 Å². The van der Waals surface area contributed by atoms with Crippen LogP contribution < -0.4 is 51.4 Å². The van der Waals surface area contributed by atoms with Gasteiger partial charge in [-0.05, 0) is 6.92 Å². The van der Waals surface area contributed by atoms with Gasteiger partial charge in [0.25, 0.3) is 0 Å². The Labute approximate surface area is 145 Å². The minimum absolute atomic E-state index is 0. The quantitative estimate of drug-likeness (QED) is 0.366. The fourth-order valence-corrected chi connectivity index (χ4v) is 2.18. The van der Waals surface area contributed by atoms with Gasteiger partial charge >= 0.3 is 51.4 Å². The van der Waals surface area contributed by atoms with Crippen LogP contribution in [-0.4, -0.2) is 29.3 Å². The van der Waals surface area contributed by atoms with Gasteiger partial charge in [0.05, 0.1) is 0 Å². The number of hydrogen-bond donors (Lipinski definition) is 0. The van der Waals surface area contributed by atoms with Crippen molar-refractivity contribution in [2.24, 2.45) is 0 Å². The molecular formula is C9H7KO7S. The van der Waals surface area contributed by atoms with Crippen LogP contribution in [0.5, 0.6) is 0 Å². The van der Waals surface area contributed by atoms with E-state index in [2.05, 4.69) is 0 Å². The molecule has 18 heavy (non-hydrogen) atoms. The van der Waals surface area contributed by atoms with E-state index < -0.39 is 38.6 Å². The first-order valence-electron chi connectivity index (χ1n) is 4.53. The van der Waals surface area contributed by atoms with Gasteiger partial charge < -0.3 is 14.0 Å². The monoisotopic (exact) mass is 298 g/mol. The molecule has 0 saturated heterocycles. The summed E-state index contributed by atoms with van der Waals surface area (Å²) in [5.74, 6) is -2.72. The van der Waals surface area contributed by atoms with Crippen LogP contribution in [0, 0.1) is 0 Å². The second-order valence-electron chi connectivity index (χ2n) is 3.78. The van der Waals surface area contributed by atoms with E-state index in [0.717, 1.165) is 19.4 Å². The molecule has 92 valence electrons. The van der Waals surface area contributed by atoms with Crippen LogP contribution in [0.4, 0.5) is 0 Å². The zero-order valence-electron chi connectivity index (χ0n) is 9.63. The van der Waals surface area contributed by atoms with E-state index in [-0.39, 0.29) is 57.1 Å². The first-order valence-corrected chi connectivity index (χ1v) is 5.94. The van der Waals surface area contributed by atoms with Crippen molar-refractivity contribution in [2.45, 2.75) is 18.1 Å². The van der Waals surface area contributed by atoms with E-state index in [0.29, 0.717) is 0 Å². The average Bonchev–Trinajstić information content (AvgIpc) is 2.25. The summed E-state index contributed by atoms with van der Waals surface area (Å²) in [4.78, 5) is 23.4. The molecule has 1 atom stereocenters. The summed E-state index contributed by atoms with van der Waals surface area (Å²) in [6, 6.07) is 0. The van der Waals surface area contributed by atoms with Crippen molar-refractivity contribution >= 4 is 21.7 Å². The molecule has 1 aliphatic carbocycles. The van der Waals surface area contributed by atoms with Gasteiger partial charge in [0.1, 0.15) is 27.4 Å². The van der Waals surface area contributed by atoms with Gasteiger partial charge in [-0.15, -0.1) is 0 Å². The SMILES string of the molecule is CC1(S(=O)(=O)[O-])CC(=O)C2=C(OC=CO2)C1=O.[K+]. The number of allylic oxidation sites excluding steroid dienone is 2. The van der Waals surface area contributed by atoms with Gasteiger partial charge in [-0.25, -0.2) is 8.42 Å². The van der Waals surface area contributed by atoms with Crippen LogP contribution in [-0.2, 0) is 29.2 Å². The number of Topliss-reactive ketones (excluding diaryl/α,β-unsaturated/α-hetero) is 2. The Bertz CT molecular complexity index is 574. The molecule has 0 bridgehead atoms. The molecular weight excluding hydrogens is 291 g/mol.